The Kier molecular flexibility index (Phi) is 7.33. The van der Waals surface area contributed by atoms with Gasteiger partial charge in [-0.1, -0.05) is 18.2 Å². The van der Waals surface area contributed by atoms with Gasteiger partial charge < -0.3 is 25.6 Å². The monoisotopic (exact) mass is 505 g/mol. The second-order valence-electron chi connectivity index (χ2n) is 9.73. The molecular formula is C26H35N9O2. The number of para-hydroxylation sites is 1. The van der Waals surface area contributed by atoms with Gasteiger partial charge in [0.05, 0.1) is 31.3 Å². The van der Waals surface area contributed by atoms with E-state index in [0.717, 1.165) is 54.0 Å². The number of aromatic nitrogens is 4. The number of carbonyl (C=O) groups is 1. The number of morpholine rings is 1. The molecular weight excluding hydrogens is 470 g/mol. The number of ether oxygens (including phenoxy) is 1. The number of carbonyl (C=O) groups excluding carboxylic acids is 1. The lowest BCUT2D eigenvalue weighted by Gasteiger charge is -2.37. The lowest BCUT2D eigenvalue weighted by atomic mass is 10.0. The van der Waals surface area contributed by atoms with Gasteiger partial charge in [0.25, 0.3) is 0 Å². The Morgan fingerprint density at radius 2 is 1.81 bits per heavy atom. The second-order valence-corrected chi connectivity index (χ2v) is 9.73. The van der Waals surface area contributed by atoms with E-state index >= 15 is 0 Å². The van der Waals surface area contributed by atoms with Crippen molar-refractivity contribution in [2.45, 2.75) is 26.8 Å². The summed E-state index contributed by atoms with van der Waals surface area (Å²) in [7, 11) is 0. The summed E-state index contributed by atoms with van der Waals surface area (Å²) in [5, 5.41) is 4.48. The average Bonchev–Trinajstić information content (AvgIpc) is 2.88. The highest BCUT2D eigenvalue weighted by Gasteiger charge is 2.26. The van der Waals surface area contributed by atoms with Gasteiger partial charge in [0.15, 0.2) is 0 Å². The van der Waals surface area contributed by atoms with Crippen LogP contribution in [0.1, 0.15) is 29.9 Å². The van der Waals surface area contributed by atoms with Crippen molar-refractivity contribution < 1.29 is 9.53 Å². The zero-order valence-corrected chi connectivity index (χ0v) is 21.8. The highest BCUT2D eigenvalue weighted by Crippen LogP contribution is 2.32. The number of anilines is 3. The molecule has 2 aliphatic heterocycles. The molecule has 1 amide bonds. The molecule has 0 unspecified atom stereocenters. The number of hydrogen-bond donors (Lipinski definition) is 2. The maximum absolute atomic E-state index is 12.7. The van der Waals surface area contributed by atoms with Gasteiger partial charge in [-0.2, -0.15) is 15.0 Å². The standard InChI is InChI=1S/C26H35N9O2/c1-17-5-4-6-20-15-21(18(2)28-26-30-19(3)29-25(27)32-26)24(31-23(17)20)35-9-7-33(8-10-35)16-22(36)34-11-13-37-14-12-34/h4-6,15,18H,7-14,16H2,1-3H3,(H3,27,28,29,30,32)/t18-/m0/s1. The molecule has 1 atom stereocenters. The number of rotatable bonds is 6. The van der Waals surface area contributed by atoms with Crippen LogP contribution in [0.15, 0.2) is 24.3 Å². The van der Waals surface area contributed by atoms with Crippen molar-refractivity contribution in [2.75, 3.05) is 75.0 Å². The predicted molar refractivity (Wildman–Crippen MR) is 144 cm³/mol. The van der Waals surface area contributed by atoms with E-state index in [1.807, 2.05) is 4.90 Å². The Bertz CT molecular complexity index is 1250. The molecule has 0 radical (unpaired) electrons. The fourth-order valence-corrected chi connectivity index (χ4v) is 4.99. The molecule has 2 fully saturated rings. The predicted octanol–water partition coefficient (Wildman–Crippen LogP) is 1.77. The van der Waals surface area contributed by atoms with Gasteiger partial charge >= 0.3 is 0 Å². The molecule has 0 bridgehead atoms. The highest BCUT2D eigenvalue weighted by atomic mass is 16.5. The van der Waals surface area contributed by atoms with Crippen LogP contribution in [0.4, 0.5) is 17.7 Å². The second kappa shape index (κ2) is 10.8. The van der Waals surface area contributed by atoms with Gasteiger partial charge in [-0.15, -0.1) is 0 Å². The summed E-state index contributed by atoms with van der Waals surface area (Å²) in [4.78, 5) is 37.1. The average molecular weight is 506 g/mol. The van der Waals surface area contributed by atoms with E-state index in [-0.39, 0.29) is 17.9 Å². The van der Waals surface area contributed by atoms with Crippen LogP contribution in [0.2, 0.25) is 0 Å². The van der Waals surface area contributed by atoms with E-state index in [1.54, 1.807) is 6.92 Å². The third kappa shape index (κ3) is 5.72. The molecule has 2 saturated heterocycles. The first-order valence-electron chi connectivity index (χ1n) is 12.8. The summed E-state index contributed by atoms with van der Waals surface area (Å²) in [5.74, 6) is 2.33. The van der Waals surface area contributed by atoms with Crippen molar-refractivity contribution in [3.8, 4) is 0 Å². The van der Waals surface area contributed by atoms with Crippen LogP contribution in [0.25, 0.3) is 10.9 Å². The zero-order chi connectivity index (χ0) is 25.9. The first-order valence-corrected chi connectivity index (χ1v) is 12.8. The van der Waals surface area contributed by atoms with E-state index in [9.17, 15) is 4.79 Å². The molecule has 37 heavy (non-hydrogen) atoms. The lowest BCUT2D eigenvalue weighted by Crippen LogP contribution is -2.52. The van der Waals surface area contributed by atoms with Gasteiger partial charge in [-0.05, 0) is 32.4 Å². The number of pyridine rings is 1. The van der Waals surface area contributed by atoms with Crippen LogP contribution in [-0.2, 0) is 9.53 Å². The summed E-state index contributed by atoms with van der Waals surface area (Å²) in [6.07, 6.45) is 0. The van der Waals surface area contributed by atoms with Crippen LogP contribution in [0, 0.1) is 13.8 Å². The molecule has 3 N–H and O–H groups in total. The van der Waals surface area contributed by atoms with Crippen molar-refractivity contribution in [3.05, 3.63) is 41.2 Å². The fourth-order valence-electron chi connectivity index (χ4n) is 4.99. The molecule has 4 heterocycles. The van der Waals surface area contributed by atoms with Crippen LogP contribution in [0.3, 0.4) is 0 Å². The van der Waals surface area contributed by atoms with Crippen LogP contribution in [-0.4, -0.2) is 94.7 Å². The zero-order valence-electron chi connectivity index (χ0n) is 21.8. The normalized spacial score (nSPS) is 17.7. The minimum atomic E-state index is -0.116. The number of nitrogens with one attached hydrogen (secondary N) is 1. The number of benzene rings is 1. The van der Waals surface area contributed by atoms with Crippen LogP contribution < -0.4 is 16.0 Å². The molecule has 0 spiro atoms. The van der Waals surface area contributed by atoms with E-state index < -0.39 is 0 Å². The minimum absolute atomic E-state index is 0.116. The maximum Gasteiger partial charge on any atom is 0.236 e. The lowest BCUT2D eigenvalue weighted by molar-refractivity contribution is -0.136. The summed E-state index contributed by atoms with van der Waals surface area (Å²) >= 11 is 0. The Hall–Kier alpha value is -3.57. The Morgan fingerprint density at radius 3 is 2.54 bits per heavy atom. The largest absolute Gasteiger partial charge is 0.378 e. The van der Waals surface area contributed by atoms with E-state index in [4.69, 9.17) is 15.5 Å². The molecule has 5 rings (SSSR count). The highest BCUT2D eigenvalue weighted by molar-refractivity contribution is 5.85. The van der Waals surface area contributed by atoms with Crippen molar-refractivity contribution in [2.24, 2.45) is 0 Å². The van der Waals surface area contributed by atoms with Crippen molar-refractivity contribution in [1.29, 1.82) is 0 Å². The Balaban J connectivity index is 1.36. The number of aryl methyl sites for hydroxylation is 2. The quantitative estimate of drug-likeness (QED) is 0.512. The first kappa shape index (κ1) is 25.1. The Labute approximate surface area is 217 Å². The molecule has 0 aliphatic carbocycles. The number of nitrogen functional groups attached to an aromatic ring is 1. The van der Waals surface area contributed by atoms with Gasteiger partial charge in [0.1, 0.15) is 11.6 Å². The van der Waals surface area contributed by atoms with Crippen LogP contribution >= 0.6 is 0 Å². The molecule has 0 saturated carbocycles. The Morgan fingerprint density at radius 1 is 1.05 bits per heavy atom. The molecule has 2 aliphatic rings. The summed E-state index contributed by atoms with van der Waals surface area (Å²) in [6.45, 7) is 12.2. The van der Waals surface area contributed by atoms with Gasteiger partial charge in [-0.3, -0.25) is 9.69 Å². The SMILES string of the molecule is Cc1nc(N)nc(N[C@@H](C)c2cc3cccc(C)c3nc2N2CCN(CC(=O)N3CCOCC3)CC2)n1. The van der Waals surface area contributed by atoms with E-state index in [0.29, 0.717) is 44.6 Å². The van der Waals surface area contributed by atoms with Gasteiger partial charge in [0, 0.05) is 50.2 Å². The number of hydrogen-bond acceptors (Lipinski definition) is 10. The smallest absolute Gasteiger partial charge is 0.236 e. The third-order valence-corrected chi connectivity index (χ3v) is 7.03. The number of piperazine rings is 1. The fraction of sp³-hybridized carbons (Fsp3) is 0.500. The molecule has 11 nitrogen and oxygen atoms in total. The van der Waals surface area contributed by atoms with Crippen LogP contribution in [0.5, 0.6) is 0 Å². The molecule has 11 heteroatoms. The van der Waals surface area contributed by atoms with E-state index in [1.165, 1.54) is 0 Å². The third-order valence-electron chi connectivity index (χ3n) is 7.03. The van der Waals surface area contributed by atoms with Gasteiger partial charge in [0.2, 0.25) is 17.8 Å². The number of nitrogens with two attached hydrogens (primary N) is 1. The molecule has 196 valence electrons. The van der Waals surface area contributed by atoms with E-state index in [2.05, 4.69) is 68.2 Å². The van der Waals surface area contributed by atoms with Crippen molar-refractivity contribution in [3.63, 3.8) is 0 Å². The molecule has 2 aromatic heterocycles. The maximum atomic E-state index is 12.7. The first-order chi connectivity index (χ1) is 17.9. The summed E-state index contributed by atoms with van der Waals surface area (Å²) in [5.41, 5.74) is 9.05. The summed E-state index contributed by atoms with van der Waals surface area (Å²) < 4.78 is 5.38. The van der Waals surface area contributed by atoms with Gasteiger partial charge in [-0.25, -0.2) is 4.98 Å². The topological polar surface area (TPSA) is 126 Å². The summed E-state index contributed by atoms with van der Waals surface area (Å²) in [6, 6.07) is 8.33. The number of fused-ring (bicyclic) bond motifs is 1. The number of amides is 1. The minimum Gasteiger partial charge on any atom is -0.378 e. The molecule has 1 aromatic carbocycles. The molecule has 3 aromatic rings. The number of nitrogens with zero attached hydrogens (tertiary/aromatic N) is 7. The van der Waals surface area contributed by atoms with Crippen molar-refractivity contribution >= 4 is 34.5 Å². The van der Waals surface area contributed by atoms with Crippen molar-refractivity contribution in [1.82, 2.24) is 29.7 Å².